The van der Waals surface area contributed by atoms with Gasteiger partial charge in [-0.3, -0.25) is 9.69 Å². The molecule has 6 rings (SSSR count). The predicted molar refractivity (Wildman–Crippen MR) is 143 cm³/mol. The van der Waals surface area contributed by atoms with Crippen molar-refractivity contribution in [2.45, 2.75) is 54.8 Å². The lowest BCUT2D eigenvalue weighted by Crippen LogP contribution is -2.59. The highest BCUT2D eigenvalue weighted by molar-refractivity contribution is 7.89. The largest absolute Gasteiger partial charge is 0.492 e. The molecule has 2 atom stereocenters. The Morgan fingerprint density at radius 3 is 2.67 bits per heavy atom. The average Bonchev–Trinajstić information content (AvgIpc) is 3.60. The van der Waals surface area contributed by atoms with Gasteiger partial charge < -0.3 is 24.8 Å². The lowest BCUT2D eigenvalue weighted by Gasteiger charge is -2.43. The Balaban J connectivity index is 1.29. The van der Waals surface area contributed by atoms with E-state index in [9.17, 15) is 18.3 Å². The monoisotopic (exact) mass is 578 g/mol. The van der Waals surface area contributed by atoms with E-state index in [-0.39, 0.29) is 36.1 Å². The van der Waals surface area contributed by atoms with Crippen LogP contribution in [0.5, 0.6) is 5.75 Å². The van der Waals surface area contributed by atoms with E-state index in [1.165, 1.54) is 11.5 Å². The van der Waals surface area contributed by atoms with Crippen LogP contribution in [0.4, 0.5) is 5.69 Å². The molecule has 3 saturated heterocycles. The molecule has 0 unspecified atom stereocenters. The van der Waals surface area contributed by atoms with Crippen molar-refractivity contribution in [2.24, 2.45) is 0 Å². The number of rotatable bonds is 3. The molecule has 12 nitrogen and oxygen atoms in total. The minimum atomic E-state index is -4.10. The number of sulfonamides is 1. The Bertz CT molecular complexity index is 1280. The van der Waals surface area contributed by atoms with Crippen molar-refractivity contribution in [3.05, 3.63) is 29.3 Å². The van der Waals surface area contributed by atoms with Gasteiger partial charge in [-0.1, -0.05) is 4.49 Å². The number of carbonyl (C=O) groups is 1. The van der Waals surface area contributed by atoms with E-state index in [0.29, 0.717) is 52.1 Å². The van der Waals surface area contributed by atoms with E-state index in [1.807, 2.05) is 5.38 Å². The zero-order valence-corrected chi connectivity index (χ0v) is 23.3. The molecule has 39 heavy (non-hydrogen) atoms. The molecule has 0 radical (unpaired) electrons. The minimum Gasteiger partial charge on any atom is -0.492 e. The molecule has 1 aromatic carbocycles. The van der Waals surface area contributed by atoms with Crippen LogP contribution in [-0.4, -0.2) is 108 Å². The highest BCUT2D eigenvalue weighted by Gasteiger charge is 2.47. The summed E-state index contributed by atoms with van der Waals surface area (Å²) in [5.41, 5.74) is 1.26. The van der Waals surface area contributed by atoms with Gasteiger partial charge in [0.25, 0.3) is 0 Å². The number of carbonyl (C=O) groups excluding carboxylic acids is 1. The third-order valence-electron chi connectivity index (χ3n) is 8.26. The summed E-state index contributed by atoms with van der Waals surface area (Å²) in [7, 11) is -4.10. The van der Waals surface area contributed by atoms with Gasteiger partial charge in [-0.25, -0.2) is 8.42 Å². The van der Waals surface area contributed by atoms with Gasteiger partial charge in [0.1, 0.15) is 16.7 Å². The molecular formula is C25H34N6O6S2. The first-order valence-corrected chi connectivity index (χ1v) is 15.7. The maximum Gasteiger partial charge on any atom is 0.247 e. The number of fused-ring (bicyclic) bond motifs is 2. The molecule has 5 heterocycles. The second-order valence-electron chi connectivity index (χ2n) is 10.8. The lowest BCUT2D eigenvalue weighted by atomic mass is 9.84. The number of anilines is 1. The number of morpholine rings is 1. The smallest absolute Gasteiger partial charge is 0.247 e. The van der Waals surface area contributed by atoms with Crippen molar-refractivity contribution in [1.82, 2.24) is 24.1 Å². The van der Waals surface area contributed by atoms with Gasteiger partial charge in [-0.2, -0.15) is 4.31 Å². The van der Waals surface area contributed by atoms with E-state index < -0.39 is 27.7 Å². The number of hydrogen-bond donors (Lipinski definition) is 2. The molecule has 4 aliphatic heterocycles. The highest BCUT2D eigenvalue weighted by atomic mass is 32.2. The van der Waals surface area contributed by atoms with Crippen LogP contribution in [0.2, 0.25) is 0 Å². The highest BCUT2D eigenvalue weighted by Crippen LogP contribution is 2.37. The number of aliphatic hydroxyl groups is 1. The normalized spacial score (nSPS) is 27.7. The quantitative estimate of drug-likeness (QED) is 0.528. The molecule has 2 N–H and O–H groups in total. The number of amides is 1. The summed E-state index contributed by atoms with van der Waals surface area (Å²) in [5.74, 6) is -0.0854. The maximum atomic E-state index is 13.9. The van der Waals surface area contributed by atoms with Gasteiger partial charge in [-0.05, 0) is 36.5 Å². The van der Waals surface area contributed by atoms with Crippen molar-refractivity contribution >= 4 is 33.2 Å². The first kappa shape index (κ1) is 26.8. The van der Waals surface area contributed by atoms with E-state index in [4.69, 9.17) is 9.47 Å². The fraction of sp³-hybridized carbons (Fsp3) is 0.640. The van der Waals surface area contributed by atoms with Crippen molar-refractivity contribution in [2.75, 3.05) is 57.4 Å². The summed E-state index contributed by atoms with van der Waals surface area (Å²) >= 11 is 1.33. The fourth-order valence-electron chi connectivity index (χ4n) is 6.02. The third-order valence-corrected chi connectivity index (χ3v) is 10.7. The molecule has 0 bridgehead atoms. The fourth-order valence-corrected chi connectivity index (χ4v) is 8.21. The molecule has 0 aliphatic carbocycles. The number of piperidine rings is 1. The number of nitrogens with zero attached hydrogens (tertiary/aromatic N) is 5. The molecule has 1 amide bonds. The van der Waals surface area contributed by atoms with Crippen LogP contribution in [0.1, 0.15) is 31.4 Å². The van der Waals surface area contributed by atoms with Crippen LogP contribution in [0.3, 0.4) is 0 Å². The van der Waals surface area contributed by atoms with Gasteiger partial charge in [0.2, 0.25) is 15.9 Å². The molecule has 4 aliphatic rings. The van der Waals surface area contributed by atoms with Crippen molar-refractivity contribution in [3.8, 4) is 5.75 Å². The number of ether oxygens (including phenoxy) is 2. The topological polar surface area (TPSA) is 137 Å². The molecular weight excluding hydrogens is 544 g/mol. The second kappa shape index (κ2) is 10.9. The minimum absolute atomic E-state index is 0.0223. The first-order chi connectivity index (χ1) is 18.8. The van der Waals surface area contributed by atoms with Crippen molar-refractivity contribution < 1.29 is 27.8 Å². The summed E-state index contributed by atoms with van der Waals surface area (Å²) in [4.78, 5) is 18.1. The molecule has 1 aromatic heterocycles. The van der Waals surface area contributed by atoms with Crippen LogP contribution in [0.25, 0.3) is 0 Å². The number of aromatic nitrogens is 2. The van der Waals surface area contributed by atoms with E-state index in [2.05, 4.69) is 24.7 Å². The van der Waals surface area contributed by atoms with E-state index in [0.717, 1.165) is 28.8 Å². The van der Waals surface area contributed by atoms with Crippen molar-refractivity contribution in [1.29, 1.82) is 0 Å². The lowest BCUT2D eigenvalue weighted by molar-refractivity contribution is -0.127. The van der Waals surface area contributed by atoms with Crippen LogP contribution < -0.4 is 15.0 Å². The van der Waals surface area contributed by atoms with Crippen LogP contribution in [-0.2, 0) is 26.1 Å². The Morgan fingerprint density at radius 2 is 1.92 bits per heavy atom. The average molecular weight is 579 g/mol. The number of likely N-dealkylation sites (tertiary alicyclic amines) is 1. The van der Waals surface area contributed by atoms with Crippen LogP contribution in [0, 0.1) is 0 Å². The zero-order chi connectivity index (χ0) is 27.0. The Labute approximate surface area is 232 Å². The molecule has 2 aromatic rings. The zero-order valence-electron chi connectivity index (χ0n) is 21.7. The molecule has 3 fully saturated rings. The summed E-state index contributed by atoms with van der Waals surface area (Å²) in [6.07, 6.45) is 1.08. The predicted octanol–water partition coefficient (Wildman–Crippen LogP) is 0.432. The first-order valence-electron chi connectivity index (χ1n) is 13.4. The van der Waals surface area contributed by atoms with Crippen LogP contribution in [0.15, 0.2) is 28.5 Å². The summed E-state index contributed by atoms with van der Waals surface area (Å²) in [6.45, 7) is 4.98. The number of hydrogen-bond acceptors (Lipinski definition) is 11. The Morgan fingerprint density at radius 1 is 1.13 bits per heavy atom. The maximum absolute atomic E-state index is 13.9. The molecule has 1 spiro atoms. The Kier molecular flexibility index (Phi) is 7.50. The molecule has 14 heteroatoms. The van der Waals surface area contributed by atoms with Gasteiger partial charge in [-0.15, -0.1) is 5.10 Å². The summed E-state index contributed by atoms with van der Waals surface area (Å²) < 4.78 is 44.5. The van der Waals surface area contributed by atoms with Crippen LogP contribution >= 0.6 is 11.5 Å². The van der Waals surface area contributed by atoms with Gasteiger partial charge in [0.15, 0.2) is 0 Å². The molecule has 212 valence electrons. The van der Waals surface area contributed by atoms with E-state index >= 15 is 0 Å². The third kappa shape index (κ3) is 5.50. The summed E-state index contributed by atoms with van der Waals surface area (Å²) in [6, 6.07) is 4.14. The standard InChI is InChI=1S/C25H34N6O6S2/c32-20-14-21-24(33)26-25(3-6-29(7-4-25)15-18-17-38-28-27-18)5-10-37-22-13-19(30-8-11-36-12-9-30)1-2-23(22)39(34,35)31(21)16-20/h1-2,13,17,20-21,32H,3-12,14-16H2,(H,26,33)/t20-,21+/m1/s1. The number of nitrogens with one attached hydrogen (secondary N) is 1. The van der Waals surface area contributed by atoms with Crippen molar-refractivity contribution in [3.63, 3.8) is 0 Å². The number of benzene rings is 1. The number of aliphatic hydroxyl groups excluding tert-OH is 1. The van der Waals surface area contributed by atoms with Gasteiger partial charge in [0.05, 0.1) is 31.6 Å². The summed E-state index contributed by atoms with van der Waals surface area (Å²) in [5, 5.41) is 19.8. The second-order valence-corrected chi connectivity index (χ2v) is 13.2. The van der Waals surface area contributed by atoms with E-state index in [1.54, 1.807) is 18.2 Å². The Hall–Kier alpha value is -2.36. The van der Waals surface area contributed by atoms with Gasteiger partial charge >= 0.3 is 0 Å². The van der Waals surface area contributed by atoms with Gasteiger partial charge in [0, 0.05) is 74.8 Å². The molecule has 0 saturated carbocycles. The SMILES string of the molecule is O=C1NC2(CCOc3cc(N4CCOCC4)ccc3S(=O)(=O)N3C[C@H](O)C[C@@H]13)CCN(Cc1csnn1)CC2.